The Morgan fingerprint density at radius 3 is 2.57 bits per heavy atom. The van der Waals surface area contributed by atoms with Crippen molar-refractivity contribution in [2.24, 2.45) is 0 Å². The lowest BCUT2D eigenvalue weighted by Crippen LogP contribution is -2.48. The maximum absolute atomic E-state index is 12.6. The Morgan fingerprint density at radius 1 is 1.17 bits per heavy atom. The summed E-state index contributed by atoms with van der Waals surface area (Å²) in [6.45, 7) is 1.46. The van der Waals surface area contributed by atoms with E-state index in [9.17, 15) is 9.59 Å². The quantitative estimate of drug-likeness (QED) is 0.892. The van der Waals surface area contributed by atoms with Crippen LogP contribution in [0.4, 0.5) is 4.79 Å². The van der Waals surface area contributed by atoms with E-state index in [1.807, 2.05) is 4.90 Å². The molecule has 0 saturated carbocycles. The van der Waals surface area contributed by atoms with Crippen molar-refractivity contribution in [3.8, 4) is 11.5 Å². The van der Waals surface area contributed by atoms with Crippen molar-refractivity contribution < 1.29 is 19.1 Å². The second-order valence-corrected chi connectivity index (χ2v) is 5.98. The number of urea groups is 1. The fraction of sp³-hybridized carbons (Fsp3) is 0.500. The van der Waals surface area contributed by atoms with Crippen LogP contribution in [0.3, 0.4) is 0 Å². The molecule has 0 radical (unpaired) electrons. The van der Waals surface area contributed by atoms with Gasteiger partial charge in [-0.1, -0.05) is 0 Å². The monoisotopic (exact) mass is 319 g/mol. The summed E-state index contributed by atoms with van der Waals surface area (Å²) in [4.78, 5) is 27.6. The maximum Gasteiger partial charge on any atom is 0.317 e. The van der Waals surface area contributed by atoms with E-state index in [1.165, 1.54) is 4.90 Å². The molecular weight excluding hydrogens is 298 g/mol. The van der Waals surface area contributed by atoms with Crippen LogP contribution in [0.2, 0.25) is 0 Å². The van der Waals surface area contributed by atoms with Gasteiger partial charge in [0, 0.05) is 38.8 Å². The molecule has 124 valence electrons. The molecule has 2 aliphatic rings. The van der Waals surface area contributed by atoms with Crippen LogP contribution in [0.1, 0.15) is 23.2 Å². The number of rotatable bonds is 2. The van der Waals surface area contributed by atoms with E-state index in [2.05, 4.69) is 5.32 Å². The summed E-state index contributed by atoms with van der Waals surface area (Å²) in [6, 6.07) is 5.27. The van der Waals surface area contributed by atoms with Gasteiger partial charge in [-0.3, -0.25) is 4.79 Å². The Labute approximate surface area is 135 Å². The number of amides is 3. The topological polar surface area (TPSA) is 71.1 Å². The molecule has 3 amide bonds. The van der Waals surface area contributed by atoms with E-state index >= 15 is 0 Å². The Morgan fingerprint density at radius 2 is 1.87 bits per heavy atom. The Balaban J connectivity index is 1.57. The van der Waals surface area contributed by atoms with Crippen molar-refractivity contribution in [2.75, 3.05) is 34.0 Å². The highest BCUT2D eigenvalue weighted by Crippen LogP contribution is 2.33. The van der Waals surface area contributed by atoms with E-state index in [1.54, 1.807) is 32.3 Å². The number of piperidine rings is 1. The zero-order valence-corrected chi connectivity index (χ0v) is 13.4. The zero-order valence-electron chi connectivity index (χ0n) is 13.4. The second kappa shape index (κ2) is 6.36. The summed E-state index contributed by atoms with van der Waals surface area (Å²) < 4.78 is 10.6. The third-order valence-electron chi connectivity index (χ3n) is 4.14. The third kappa shape index (κ3) is 3.33. The smallest absolute Gasteiger partial charge is 0.317 e. The molecule has 2 heterocycles. The van der Waals surface area contributed by atoms with Gasteiger partial charge in [-0.15, -0.1) is 0 Å². The average molecular weight is 319 g/mol. The van der Waals surface area contributed by atoms with E-state index in [0.29, 0.717) is 30.2 Å². The lowest BCUT2D eigenvalue weighted by Gasteiger charge is -2.33. The standard InChI is InChI=1S/C16H21N3O4/c1-18(2)16(21)17-12-5-7-19(8-6-12)15(20)11-3-4-13-14(9-11)23-10-22-13/h3-4,9,12H,5-8,10H2,1-2H3,(H,17,21). The number of ether oxygens (including phenoxy) is 2. The molecule has 0 spiro atoms. The summed E-state index contributed by atoms with van der Waals surface area (Å²) >= 11 is 0. The molecule has 2 aliphatic heterocycles. The minimum Gasteiger partial charge on any atom is -0.454 e. The number of benzene rings is 1. The van der Waals surface area contributed by atoms with Crippen LogP contribution in [0, 0.1) is 0 Å². The van der Waals surface area contributed by atoms with Crippen molar-refractivity contribution >= 4 is 11.9 Å². The predicted octanol–water partition coefficient (Wildman–Crippen LogP) is 1.29. The molecule has 1 aromatic carbocycles. The largest absolute Gasteiger partial charge is 0.454 e. The van der Waals surface area contributed by atoms with Gasteiger partial charge in [0.1, 0.15) is 0 Å². The SMILES string of the molecule is CN(C)C(=O)NC1CCN(C(=O)c2ccc3c(c2)OCO3)CC1. The molecular formula is C16H21N3O4. The van der Waals surface area contributed by atoms with Crippen molar-refractivity contribution in [2.45, 2.75) is 18.9 Å². The molecule has 1 aromatic rings. The molecule has 7 nitrogen and oxygen atoms in total. The number of nitrogens with zero attached hydrogens (tertiary/aromatic N) is 2. The first-order valence-electron chi connectivity index (χ1n) is 7.71. The van der Waals surface area contributed by atoms with E-state index in [-0.39, 0.29) is 24.8 Å². The van der Waals surface area contributed by atoms with Gasteiger partial charge in [-0.2, -0.15) is 0 Å². The fourth-order valence-corrected chi connectivity index (χ4v) is 2.74. The predicted molar refractivity (Wildman–Crippen MR) is 83.7 cm³/mol. The highest BCUT2D eigenvalue weighted by molar-refractivity contribution is 5.95. The zero-order chi connectivity index (χ0) is 16.4. The van der Waals surface area contributed by atoms with Crippen LogP contribution in [0.5, 0.6) is 11.5 Å². The van der Waals surface area contributed by atoms with Gasteiger partial charge in [-0.05, 0) is 31.0 Å². The number of carbonyl (C=O) groups excluding carboxylic acids is 2. The maximum atomic E-state index is 12.6. The molecule has 23 heavy (non-hydrogen) atoms. The normalized spacial score (nSPS) is 17.0. The highest BCUT2D eigenvalue weighted by Gasteiger charge is 2.26. The van der Waals surface area contributed by atoms with Crippen LogP contribution < -0.4 is 14.8 Å². The Hall–Kier alpha value is -2.44. The summed E-state index contributed by atoms with van der Waals surface area (Å²) in [6.07, 6.45) is 1.52. The summed E-state index contributed by atoms with van der Waals surface area (Å²) in [5.41, 5.74) is 0.602. The van der Waals surface area contributed by atoms with Crippen molar-refractivity contribution in [1.82, 2.24) is 15.1 Å². The number of nitrogens with one attached hydrogen (secondary N) is 1. The van der Waals surface area contributed by atoms with Crippen LogP contribution in [0.25, 0.3) is 0 Å². The minimum absolute atomic E-state index is 0.0133. The highest BCUT2D eigenvalue weighted by atomic mass is 16.7. The third-order valence-corrected chi connectivity index (χ3v) is 4.14. The fourth-order valence-electron chi connectivity index (χ4n) is 2.74. The number of hydrogen-bond donors (Lipinski definition) is 1. The second-order valence-electron chi connectivity index (χ2n) is 5.98. The number of carbonyl (C=O) groups is 2. The first-order valence-corrected chi connectivity index (χ1v) is 7.71. The van der Waals surface area contributed by atoms with Crippen LogP contribution >= 0.6 is 0 Å². The molecule has 7 heteroatoms. The van der Waals surface area contributed by atoms with Gasteiger partial charge in [0.15, 0.2) is 11.5 Å². The molecule has 3 rings (SSSR count). The molecule has 0 bridgehead atoms. The summed E-state index contributed by atoms with van der Waals surface area (Å²) in [5, 5.41) is 2.96. The van der Waals surface area contributed by atoms with Gasteiger partial charge >= 0.3 is 6.03 Å². The van der Waals surface area contributed by atoms with E-state index < -0.39 is 0 Å². The Kier molecular flexibility index (Phi) is 4.27. The van der Waals surface area contributed by atoms with E-state index in [4.69, 9.17) is 9.47 Å². The van der Waals surface area contributed by atoms with Gasteiger partial charge in [0.25, 0.3) is 5.91 Å². The Bertz CT molecular complexity index is 609. The van der Waals surface area contributed by atoms with E-state index in [0.717, 1.165) is 12.8 Å². The van der Waals surface area contributed by atoms with Gasteiger partial charge in [0.05, 0.1) is 0 Å². The van der Waals surface area contributed by atoms with Crippen molar-refractivity contribution in [3.63, 3.8) is 0 Å². The van der Waals surface area contributed by atoms with Gasteiger partial charge in [0.2, 0.25) is 6.79 Å². The number of hydrogen-bond acceptors (Lipinski definition) is 4. The van der Waals surface area contributed by atoms with Crippen LogP contribution in [-0.4, -0.2) is 61.8 Å². The van der Waals surface area contributed by atoms with Crippen LogP contribution in [-0.2, 0) is 0 Å². The first-order chi connectivity index (χ1) is 11.0. The molecule has 1 saturated heterocycles. The number of fused-ring (bicyclic) bond motifs is 1. The molecule has 0 aromatic heterocycles. The van der Waals surface area contributed by atoms with Gasteiger partial charge < -0.3 is 24.6 Å². The molecule has 1 N–H and O–H groups in total. The first kappa shape index (κ1) is 15.5. The van der Waals surface area contributed by atoms with Gasteiger partial charge in [-0.25, -0.2) is 4.79 Å². The lowest BCUT2D eigenvalue weighted by atomic mass is 10.0. The van der Waals surface area contributed by atoms with Crippen LogP contribution in [0.15, 0.2) is 18.2 Å². The molecule has 1 fully saturated rings. The molecule has 0 atom stereocenters. The number of likely N-dealkylation sites (tertiary alicyclic amines) is 1. The summed E-state index contributed by atoms with van der Waals surface area (Å²) in [5.74, 6) is 1.27. The summed E-state index contributed by atoms with van der Waals surface area (Å²) in [7, 11) is 3.43. The average Bonchev–Trinajstić information content (AvgIpc) is 3.02. The van der Waals surface area contributed by atoms with Crippen molar-refractivity contribution in [3.05, 3.63) is 23.8 Å². The van der Waals surface area contributed by atoms with Crippen molar-refractivity contribution in [1.29, 1.82) is 0 Å². The minimum atomic E-state index is -0.0921. The lowest BCUT2D eigenvalue weighted by molar-refractivity contribution is 0.0706. The molecule has 0 aliphatic carbocycles. The molecule has 0 unspecified atom stereocenters.